The molecule has 0 aromatic heterocycles. The lowest BCUT2D eigenvalue weighted by Gasteiger charge is -2.27. The average molecular weight is 319 g/mol. The van der Waals surface area contributed by atoms with Crippen molar-refractivity contribution >= 4 is 17.5 Å². The van der Waals surface area contributed by atoms with Crippen molar-refractivity contribution in [2.75, 3.05) is 25.0 Å². The van der Waals surface area contributed by atoms with Gasteiger partial charge in [0.1, 0.15) is 5.75 Å². The van der Waals surface area contributed by atoms with Gasteiger partial charge < -0.3 is 21.1 Å². The van der Waals surface area contributed by atoms with Gasteiger partial charge in [-0.1, -0.05) is 6.92 Å². The number of benzene rings is 1. The van der Waals surface area contributed by atoms with Gasteiger partial charge in [0.25, 0.3) is 5.91 Å². The third-order valence-corrected chi connectivity index (χ3v) is 4.22. The number of hydrogen-bond acceptors (Lipinski definition) is 4. The van der Waals surface area contributed by atoms with Gasteiger partial charge in [-0.3, -0.25) is 9.59 Å². The van der Waals surface area contributed by atoms with Crippen LogP contribution in [0.2, 0.25) is 0 Å². The van der Waals surface area contributed by atoms with Gasteiger partial charge in [0.15, 0.2) is 6.61 Å². The van der Waals surface area contributed by atoms with Crippen LogP contribution in [0.3, 0.4) is 0 Å². The number of amides is 2. The third kappa shape index (κ3) is 5.90. The lowest BCUT2D eigenvalue weighted by Crippen LogP contribution is -2.32. The number of hydrogen-bond donors (Lipinski definition) is 3. The zero-order valence-electron chi connectivity index (χ0n) is 13.5. The molecule has 1 aliphatic heterocycles. The molecule has 0 aliphatic carbocycles. The van der Waals surface area contributed by atoms with Gasteiger partial charge in [-0.25, -0.2) is 0 Å². The summed E-state index contributed by atoms with van der Waals surface area (Å²) in [6.07, 6.45) is 2.81. The Hall–Kier alpha value is -2.08. The van der Waals surface area contributed by atoms with E-state index in [0.29, 0.717) is 24.0 Å². The quantitative estimate of drug-likeness (QED) is 0.710. The first kappa shape index (κ1) is 17.3. The van der Waals surface area contributed by atoms with Crippen LogP contribution < -0.4 is 21.1 Å². The van der Waals surface area contributed by atoms with Crippen molar-refractivity contribution < 1.29 is 14.3 Å². The number of nitrogens with two attached hydrogens (primary N) is 1. The number of anilines is 1. The summed E-state index contributed by atoms with van der Waals surface area (Å²) < 4.78 is 5.18. The predicted molar refractivity (Wildman–Crippen MR) is 89.1 cm³/mol. The summed E-state index contributed by atoms with van der Waals surface area (Å²) in [6.45, 7) is 4.09. The van der Waals surface area contributed by atoms with Crippen LogP contribution in [0.5, 0.6) is 5.75 Å². The Balaban J connectivity index is 1.79. The zero-order valence-corrected chi connectivity index (χ0v) is 13.5. The van der Waals surface area contributed by atoms with E-state index in [4.69, 9.17) is 10.5 Å². The topological polar surface area (TPSA) is 93.4 Å². The largest absolute Gasteiger partial charge is 0.484 e. The highest BCUT2D eigenvalue weighted by Crippen LogP contribution is 2.25. The molecule has 0 bridgehead atoms. The van der Waals surface area contributed by atoms with E-state index in [1.807, 2.05) is 0 Å². The predicted octanol–water partition coefficient (Wildman–Crippen LogP) is 1.51. The third-order valence-electron chi connectivity index (χ3n) is 4.22. The van der Waals surface area contributed by atoms with Crippen LogP contribution in [0.4, 0.5) is 5.69 Å². The Morgan fingerprint density at radius 2 is 1.96 bits per heavy atom. The zero-order chi connectivity index (χ0) is 16.7. The number of piperidine rings is 1. The van der Waals surface area contributed by atoms with Gasteiger partial charge in [-0.05, 0) is 62.0 Å². The molecule has 1 fully saturated rings. The van der Waals surface area contributed by atoms with Crippen molar-refractivity contribution in [3.05, 3.63) is 24.3 Å². The molecule has 6 nitrogen and oxygen atoms in total. The van der Waals surface area contributed by atoms with Gasteiger partial charge >= 0.3 is 0 Å². The van der Waals surface area contributed by atoms with Crippen LogP contribution in [0.25, 0.3) is 0 Å². The molecule has 1 heterocycles. The van der Waals surface area contributed by atoms with E-state index >= 15 is 0 Å². The number of carbonyl (C=O) groups excluding carboxylic acids is 2. The van der Waals surface area contributed by atoms with Gasteiger partial charge in [0, 0.05) is 12.1 Å². The molecule has 0 saturated carbocycles. The second-order valence-corrected chi connectivity index (χ2v) is 6.10. The standard InChI is InChI=1S/C17H25N3O3/c1-12(13-6-8-19-9-7-13)10-17(22)20-14-2-4-15(5-3-14)23-11-16(18)21/h2-5,12-13,19H,6-11H2,1H3,(H2,18,21)(H,20,22). The Labute approximate surface area is 136 Å². The molecule has 23 heavy (non-hydrogen) atoms. The molecule has 2 rings (SSSR count). The number of primary amides is 1. The monoisotopic (exact) mass is 319 g/mol. The molecule has 126 valence electrons. The minimum absolute atomic E-state index is 0.0295. The maximum absolute atomic E-state index is 12.1. The summed E-state index contributed by atoms with van der Waals surface area (Å²) >= 11 is 0. The van der Waals surface area contributed by atoms with E-state index in [-0.39, 0.29) is 12.5 Å². The highest BCUT2D eigenvalue weighted by atomic mass is 16.5. The Morgan fingerprint density at radius 1 is 1.30 bits per heavy atom. The van der Waals surface area contributed by atoms with Crippen molar-refractivity contribution in [3.8, 4) is 5.75 Å². The summed E-state index contributed by atoms with van der Waals surface area (Å²) in [5.74, 6) is 1.06. The first-order chi connectivity index (χ1) is 11.0. The van der Waals surface area contributed by atoms with Gasteiger partial charge in [0.05, 0.1) is 0 Å². The number of rotatable bonds is 7. The van der Waals surface area contributed by atoms with Crippen molar-refractivity contribution in [3.63, 3.8) is 0 Å². The van der Waals surface area contributed by atoms with Crippen LogP contribution in [-0.4, -0.2) is 31.5 Å². The summed E-state index contributed by atoms with van der Waals surface area (Å²) in [5, 5.41) is 6.25. The lowest BCUT2D eigenvalue weighted by atomic mass is 9.84. The van der Waals surface area contributed by atoms with Crippen molar-refractivity contribution in [2.24, 2.45) is 17.6 Å². The number of nitrogens with one attached hydrogen (secondary N) is 2. The van der Waals surface area contributed by atoms with E-state index in [1.165, 1.54) is 0 Å². The summed E-state index contributed by atoms with van der Waals surface area (Å²) in [5.41, 5.74) is 5.74. The lowest BCUT2D eigenvalue weighted by molar-refractivity contribution is -0.120. The summed E-state index contributed by atoms with van der Waals surface area (Å²) in [7, 11) is 0. The van der Waals surface area contributed by atoms with Crippen LogP contribution in [0.15, 0.2) is 24.3 Å². The molecule has 0 spiro atoms. The van der Waals surface area contributed by atoms with E-state index in [9.17, 15) is 9.59 Å². The molecule has 1 aromatic carbocycles. The van der Waals surface area contributed by atoms with Crippen LogP contribution in [0, 0.1) is 11.8 Å². The van der Waals surface area contributed by atoms with Gasteiger partial charge in [-0.15, -0.1) is 0 Å². The Bertz CT molecular complexity index is 524. The first-order valence-corrected chi connectivity index (χ1v) is 8.06. The Morgan fingerprint density at radius 3 is 2.57 bits per heavy atom. The van der Waals surface area contributed by atoms with Gasteiger partial charge in [-0.2, -0.15) is 0 Å². The van der Waals surface area contributed by atoms with Crippen molar-refractivity contribution in [2.45, 2.75) is 26.2 Å². The first-order valence-electron chi connectivity index (χ1n) is 8.06. The van der Waals surface area contributed by atoms with Crippen molar-refractivity contribution in [1.29, 1.82) is 0 Å². The van der Waals surface area contributed by atoms with Crippen LogP contribution in [-0.2, 0) is 9.59 Å². The molecule has 1 aliphatic rings. The molecule has 1 aromatic rings. The molecule has 0 radical (unpaired) electrons. The highest BCUT2D eigenvalue weighted by molar-refractivity contribution is 5.90. The second-order valence-electron chi connectivity index (χ2n) is 6.10. The smallest absolute Gasteiger partial charge is 0.255 e. The van der Waals surface area contributed by atoms with Crippen LogP contribution in [0.1, 0.15) is 26.2 Å². The molecule has 4 N–H and O–H groups in total. The fraction of sp³-hybridized carbons (Fsp3) is 0.529. The number of ether oxygens (including phenoxy) is 1. The highest BCUT2D eigenvalue weighted by Gasteiger charge is 2.21. The van der Waals surface area contributed by atoms with E-state index in [1.54, 1.807) is 24.3 Å². The normalized spacial score (nSPS) is 16.6. The molecular weight excluding hydrogens is 294 g/mol. The van der Waals surface area contributed by atoms with E-state index < -0.39 is 5.91 Å². The molecule has 2 amide bonds. The molecule has 1 unspecified atom stereocenters. The minimum atomic E-state index is -0.519. The maximum atomic E-state index is 12.1. The average Bonchev–Trinajstić information content (AvgIpc) is 2.55. The van der Waals surface area contributed by atoms with E-state index in [0.717, 1.165) is 31.6 Å². The molecular formula is C17H25N3O3. The molecule has 1 atom stereocenters. The SMILES string of the molecule is CC(CC(=O)Nc1ccc(OCC(N)=O)cc1)C1CCNCC1. The minimum Gasteiger partial charge on any atom is -0.484 e. The van der Waals surface area contributed by atoms with E-state index in [2.05, 4.69) is 17.6 Å². The van der Waals surface area contributed by atoms with Crippen LogP contribution >= 0.6 is 0 Å². The fourth-order valence-electron chi connectivity index (χ4n) is 2.87. The second kappa shape index (κ2) is 8.53. The summed E-state index contributed by atoms with van der Waals surface area (Å²) in [6, 6.07) is 6.91. The fourth-order valence-corrected chi connectivity index (χ4v) is 2.87. The molecule has 6 heteroatoms. The van der Waals surface area contributed by atoms with Crippen molar-refractivity contribution in [1.82, 2.24) is 5.32 Å². The maximum Gasteiger partial charge on any atom is 0.255 e. The Kier molecular flexibility index (Phi) is 6.40. The molecule has 1 saturated heterocycles. The van der Waals surface area contributed by atoms with Gasteiger partial charge in [0.2, 0.25) is 5.91 Å². The number of carbonyl (C=O) groups is 2. The summed E-state index contributed by atoms with van der Waals surface area (Å²) in [4.78, 5) is 22.8.